The van der Waals surface area contributed by atoms with Gasteiger partial charge in [-0.05, 0) is 32.6 Å². The number of carbonyl (C=O) groups is 1. The predicted molar refractivity (Wildman–Crippen MR) is 62.1 cm³/mol. The van der Waals surface area contributed by atoms with E-state index >= 15 is 0 Å². The number of carbonyl (C=O) groups excluding carboxylic acids is 1. The molecule has 1 rings (SSSR count). The molecular weight excluding hydrogens is 247 g/mol. The Bertz CT molecular complexity index is 275. The SMILES string of the molecule is CCN(C(=O)NCC(F)(F)F)C1CCC(N)CC1. The van der Waals surface area contributed by atoms with Crippen LogP contribution in [0.5, 0.6) is 0 Å². The highest BCUT2D eigenvalue weighted by molar-refractivity contribution is 5.74. The molecule has 18 heavy (non-hydrogen) atoms. The molecule has 0 heterocycles. The van der Waals surface area contributed by atoms with Gasteiger partial charge in [0.15, 0.2) is 0 Å². The van der Waals surface area contributed by atoms with Crippen molar-refractivity contribution >= 4 is 6.03 Å². The van der Waals surface area contributed by atoms with Crippen molar-refractivity contribution in [3.05, 3.63) is 0 Å². The van der Waals surface area contributed by atoms with Gasteiger partial charge in [-0.2, -0.15) is 13.2 Å². The van der Waals surface area contributed by atoms with Crippen LogP contribution in [0, 0.1) is 0 Å². The van der Waals surface area contributed by atoms with Crippen molar-refractivity contribution in [2.24, 2.45) is 5.73 Å². The third-order valence-electron chi connectivity index (χ3n) is 3.22. The molecule has 7 heteroatoms. The Morgan fingerprint density at radius 2 is 1.89 bits per heavy atom. The summed E-state index contributed by atoms with van der Waals surface area (Å²) in [6.45, 7) is 0.889. The van der Waals surface area contributed by atoms with Crippen molar-refractivity contribution in [1.82, 2.24) is 10.2 Å². The van der Waals surface area contributed by atoms with E-state index in [-0.39, 0.29) is 12.1 Å². The number of hydrogen-bond acceptors (Lipinski definition) is 2. The van der Waals surface area contributed by atoms with Crippen molar-refractivity contribution in [2.75, 3.05) is 13.1 Å². The lowest BCUT2D eigenvalue weighted by Crippen LogP contribution is -2.50. The molecule has 0 atom stereocenters. The van der Waals surface area contributed by atoms with Crippen LogP contribution in [0.1, 0.15) is 32.6 Å². The van der Waals surface area contributed by atoms with Crippen molar-refractivity contribution in [2.45, 2.75) is 50.9 Å². The number of nitrogens with one attached hydrogen (secondary N) is 1. The van der Waals surface area contributed by atoms with Crippen LogP contribution >= 0.6 is 0 Å². The summed E-state index contributed by atoms with van der Waals surface area (Å²) in [6, 6.07) is -0.489. The normalized spacial score (nSPS) is 24.7. The monoisotopic (exact) mass is 267 g/mol. The van der Waals surface area contributed by atoms with Crippen LogP contribution in [0.2, 0.25) is 0 Å². The molecule has 1 saturated carbocycles. The lowest BCUT2D eigenvalue weighted by molar-refractivity contribution is -0.123. The molecule has 0 aromatic rings. The van der Waals surface area contributed by atoms with E-state index in [1.165, 1.54) is 4.90 Å². The Labute approximate surface area is 105 Å². The Hall–Kier alpha value is -0.980. The van der Waals surface area contributed by atoms with Crippen molar-refractivity contribution in [3.8, 4) is 0 Å². The van der Waals surface area contributed by atoms with E-state index in [9.17, 15) is 18.0 Å². The van der Waals surface area contributed by atoms with Gasteiger partial charge in [0, 0.05) is 18.6 Å². The van der Waals surface area contributed by atoms with Gasteiger partial charge in [-0.15, -0.1) is 0 Å². The standard InChI is InChI=1S/C11H20F3N3O/c1-2-17(9-5-3-8(15)4-6-9)10(18)16-7-11(12,13)14/h8-9H,2-7,15H2,1H3,(H,16,18). The molecule has 0 radical (unpaired) electrons. The summed E-state index contributed by atoms with van der Waals surface area (Å²) in [5, 5.41) is 1.91. The average Bonchev–Trinajstić information content (AvgIpc) is 2.29. The summed E-state index contributed by atoms with van der Waals surface area (Å²) < 4.78 is 36.1. The van der Waals surface area contributed by atoms with Crippen LogP contribution in [0.15, 0.2) is 0 Å². The molecule has 4 nitrogen and oxygen atoms in total. The zero-order valence-corrected chi connectivity index (χ0v) is 10.5. The van der Waals surface area contributed by atoms with Crippen LogP contribution in [-0.2, 0) is 0 Å². The second-order valence-corrected chi connectivity index (χ2v) is 4.63. The van der Waals surface area contributed by atoms with Gasteiger partial charge in [0.05, 0.1) is 0 Å². The molecule has 0 aromatic heterocycles. The number of nitrogens with two attached hydrogens (primary N) is 1. The van der Waals surface area contributed by atoms with Crippen LogP contribution < -0.4 is 11.1 Å². The molecule has 0 aromatic carbocycles. The smallest absolute Gasteiger partial charge is 0.329 e. The first-order chi connectivity index (χ1) is 8.33. The lowest BCUT2D eigenvalue weighted by atomic mass is 9.91. The van der Waals surface area contributed by atoms with Gasteiger partial charge in [0.2, 0.25) is 0 Å². The molecule has 106 valence electrons. The maximum Gasteiger partial charge on any atom is 0.405 e. The highest BCUT2D eigenvalue weighted by Gasteiger charge is 2.31. The number of amides is 2. The summed E-state index contributed by atoms with van der Waals surface area (Å²) in [6.07, 6.45) is -1.23. The number of urea groups is 1. The third-order valence-corrected chi connectivity index (χ3v) is 3.22. The van der Waals surface area contributed by atoms with Crippen LogP contribution in [0.25, 0.3) is 0 Å². The number of hydrogen-bond donors (Lipinski definition) is 2. The van der Waals surface area contributed by atoms with Gasteiger partial charge in [0.1, 0.15) is 6.54 Å². The number of nitrogens with zero attached hydrogens (tertiary/aromatic N) is 1. The molecule has 0 unspecified atom stereocenters. The molecule has 0 aliphatic heterocycles. The summed E-state index contributed by atoms with van der Waals surface area (Å²) in [5.41, 5.74) is 5.76. The average molecular weight is 267 g/mol. The highest BCUT2D eigenvalue weighted by atomic mass is 19.4. The molecular formula is C11H20F3N3O. The van der Waals surface area contributed by atoms with Gasteiger partial charge >= 0.3 is 12.2 Å². The van der Waals surface area contributed by atoms with Gasteiger partial charge < -0.3 is 16.0 Å². The van der Waals surface area contributed by atoms with E-state index in [1.807, 2.05) is 5.32 Å². The zero-order valence-electron chi connectivity index (χ0n) is 10.5. The minimum absolute atomic E-state index is 0.00281. The highest BCUT2D eigenvalue weighted by Crippen LogP contribution is 2.22. The topological polar surface area (TPSA) is 58.4 Å². The van der Waals surface area contributed by atoms with Gasteiger partial charge in [-0.3, -0.25) is 0 Å². The third kappa shape index (κ3) is 4.72. The largest absolute Gasteiger partial charge is 0.405 e. The molecule has 1 aliphatic carbocycles. The van der Waals surface area contributed by atoms with Crippen molar-refractivity contribution < 1.29 is 18.0 Å². The first-order valence-electron chi connectivity index (χ1n) is 6.20. The summed E-state index contributed by atoms with van der Waals surface area (Å²) >= 11 is 0. The maximum atomic E-state index is 12.0. The summed E-state index contributed by atoms with van der Waals surface area (Å²) in [5.74, 6) is 0. The Kier molecular flexibility index (Phi) is 5.25. The molecule has 2 amide bonds. The van der Waals surface area contributed by atoms with E-state index in [0.717, 1.165) is 25.7 Å². The quantitative estimate of drug-likeness (QED) is 0.820. The number of halogens is 3. The Morgan fingerprint density at radius 3 is 2.33 bits per heavy atom. The molecule has 1 fully saturated rings. The fourth-order valence-electron chi connectivity index (χ4n) is 2.26. The van der Waals surface area contributed by atoms with E-state index in [4.69, 9.17) is 5.73 Å². The van der Waals surface area contributed by atoms with E-state index in [1.54, 1.807) is 6.92 Å². The molecule has 0 bridgehead atoms. The van der Waals surface area contributed by atoms with E-state index in [2.05, 4.69) is 0 Å². The molecule has 3 N–H and O–H groups in total. The lowest BCUT2D eigenvalue weighted by Gasteiger charge is -2.35. The van der Waals surface area contributed by atoms with Crippen LogP contribution in [0.3, 0.4) is 0 Å². The van der Waals surface area contributed by atoms with Gasteiger partial charge in [0.25, 0.3) is 0 Å². The summed E-state index contributed by atoms with van der Waals surface area (Å²) in [4.78, 5) is 13.2. The minimum Gasteiger partial charge on any atom is -0.329 e. The molecule has 0 spiro atoms. The first kappa shape index (κ1) is 15.1. The summed E-state index contributed by atoms with van der Waals surface area (Å²) in [7, 11) is 0. The minimum atomic E-state index is -4.37. The number of rotatable bonds is 3. The maximum absolute atomic E-state index is 12.0. The van der Waals surface area contributed by atoms with Gasteiger partial charge in [-0.25, -0.2) is 4.79 Å². The van der Waals surface area contributed by atoms with Gasteiger partial charge in [-0.1, -0.05) is 0 Å². The first-order valence-corrected chi connectivity index (χ1v) is 6.20. The fraction of sp³-hybridized carbons (Fsp3) is 0.909. The second kappa shape index (κ2) is 6.26. The molecule has 1 aliphatic rings. The van der Waals surface area contributed by atoms with E-state index in [0.29, 0.717) is 6.54 Å². The van der Waals surface area contributed by atoms with Crippen LogP contribution in [-0.4, -0.2) is 42.3 Å². The van der Waals surface area contributed by atoms with Crippen molar-refractivity contribution in [3.63, 3.8) is 0 Å². The molecule has 0 saturated heterocycles. The van der Waals surface area contributed by atoms with E-state index < -0.39 is 18.8 Å². The zero-order chi connectivity index (χ0) is 13.8. The predicted octanol–water partition coefficient (Wildman–Crippen LogP) is 1.85. The second-order valence-electron chi connectivity index (χ2n) is 4.63. The Balaban J connectivity index is 2.47. The Morgan fingerprint density at radius 1 is 1.33 bits per heavy atom. The fourth-order valence-corrected chi connectivity index (χ4v) is 2.26. The van der Waals surface area contributed by atoms with Crippen LogP contribution in [0.4, 0.5) is 18.0 Å². The van der Waals surface area contributed by atoms with Crippen molar-refractivity contribution in [1.29, 1.82) is 0 Å². The number of alkyl halides is 3.